The van der Waals surface area contributed by atoms with Gasteiger partial charge in [-0.3, -0.25) is 14.1 Å². The van der Waals surface area contributed by atoms with Crippen LogP contribution in [0, 0.1) is 5.82 Å². The van der Waals surface area contributed by atoms with Crippen molar-refractivity contribution in [2.45, 2.75) is 19.4 Å². The molecule has 1 aromatic heterocycles. The van der Waals surface area contributed by atoms with E-state index in [4.69, 9.17) is 0 Å². The Morgan fingerprint density at radius 2 is 1.80 bits per heavy atom. The van der Waals surface area contributed by atoms with Crippen LogP contribution in [0.3, 0.4) is 0 Å². The van der Waals surface area contributed by atoms with E-state index in [1.54, 1.807) is 24.5 Å². The molecule has 0 aliphatic rings. The molecule has 0 saturated heterocycles. The molecule has 0 unspecified atom stereocenters. The Labute approximate surface area is 146 Å². The zero-order valence-electron chi connectivity index (χ0n) is 13.9. The molecule has 1 N–H and O–H groups in total. The Kier molecular flexibility index (Phi) is 6.46. The topological polar surface area (TPSA) is 79.4 Å². The van der Waals surface area contributed by atoms with Gasteiger partial charge in [0.15, 0.2) is 0 Å². The van der Waals surface area contributed by atoms with Crippen LogP contribution < -0.4 is 9.62 Å². The number of amides is 1. The number of benzene rings is 1. The number of halogens is 1. The molecule has 2 rings (SSSR count). The van der Waals surface area contributed by atoms with Gasteiger partial charge in [0.2, 0.25) is 15.9 Å². The highest BCUT2D eigenvalue weighted by atomic mass is 32.2. The quantitative estimate of drug-likeness (QED) is 0.777. The average molecular weight is 365 g/mol. The second kappa shape index (κ2) is 8.57. The van der Waals surface area contributed by atoms with Crippen molar-refractivity contribution in [2.24, 2.45) is 0 Å². The van der Waals surface area contributed by atoms with Crippen LogP contribution in [0.25, 0.3) is 0 Å². The maximum atomic E-state index is 13.0. The monoisotopic (exact) mass is 365 g/mol. The Hall–Kier alpha value is -2.48. The normalized spacial score (nSPS) is 11.1. The Bertz CT molecular complexity index is 796. The maximum absolute atomic E-state index is 13.0. The second-order valence-corrected chi connectivity index (χ2v) is 7.45. The van der Waals surface area contributed by atoms with E-state index >= 15 is 0 Å². The number of carbonyl (C=O) groups is 1. The summed E-state index contributed by atoms with van der Waals surface area (Å²) < 4.78 is 38.0. The van der Waals surface area contributed by atoms with E-state index in [9.17, 15) is 17.6 Å². The lowest BCUT2D eigenvalue weighted by atomic mass is 10.2. The van der Waals surface area contributed by atoms with Crippen molar-refractivity contribution in [3.8, 4) is 0 Å². The molecule has 6 nitrogen and oxygen atoms in total. The first-order valence-electron chi connectivity index (χ1n) is 7.75. The largest absolute Gasteiger partial charge is 0.352 e. The molecule has 2 aromatic rings. The molecule has 0 bridgehead atoms. The van der Waals surface area contributed by atoms with Gasteiger partial charge in [0, 0.05) is 31.9 Å². The summed E-state index contributed by atoms with van der Waals surface area (Å²) >= 11 is 0. The predicted octanol–water partition coefficient (Wildman–Crippen LogP) is 2.08. The minimum absolute atomic E-state index is 0.146. The van der Waals surface area contributed by atoms with Crippen molar-refractivity contribution in [2.75, 3.05) is 17.1 Å². The number of hydrogen-bond acceptors (Lipinski definition) is 4. The molecule has 134 valence electrons. The zero-order valence-corrected chi connectivity index (χ0v) is 14.7. The van der Waals surface area contributed by atoms with Crippen molar-refractivity contribution in [3.05, 3.63) is 60.2 Å². The van der Waals surface area contributed by atoms with Crippen LogP contribution in [0.15, 0.2) is 48.8 Å². The molecular weight excluding hydrogens is 345 g/mol. The predicted molar refractivity (Wildman–Crippen MR) is 93.9 cm³/mol. The first kappa shape index (κ1) is 18.9. The van der Waals surface area contributed by atoms with E-state index in [0.29, 0.717) is 18.7 Å². The molecule has 25 heavy (non-hydrogen) atoms. The van der Waals surface area contributed by atoms with Crippen molar-refractivity contribution >= 4 is 21.6 Å². The maximum Gasteiger partial charge on any atom is 0.232 e. The van der Waals surface area contributed by atoms with Gasteiger partial charge in [-0.05, 0) is 48.4 Å². The minimum Gasteiger partial charge on any atom is -0.352 e. The summed E-state index contributed by atoms with van der Waals surface area (Å²) in [5, 5.41) is 2.77. The molecule has 0 saturated carbocycles. The fraction of sp³-hybridized carbons (Fsp3) is 0.294. The van der Waals surface area contributed by atoms with Gasteiger partial charge in [-0.1, -0.05) is 0 Å². The molecule has 0 aliphatic carbocycles. The van der Waals surface area contributed by atoms with Gasteiger partial charge < -0.3 is 5.32 Å². The van der Waals surface area contributed by atoms with Crippen molar-refractivity contribution in [3.63, 3.8) is 0 Å². The molecule has 0 atom stereocenters. The minimum atomic E-state index is -3.51. The van der Waals surface area contributed by atoms with E-state index in [1.807, 2.05) is 0 Å². The van der Waals surface area contributed by atoms with Gasteiger partial charge in [0.1, 0.15) is 5.82 Å². The highest BCUT2D eigenvalue weighted by Gasteiger charge is 2.17. The van der Waals surface area contributed by atoms with Crippen LogP contribution in [0.2, 0.25) is 0 Å². The number of anilines is 1. The zero-order chi connectivity index (χ0) is 18.3. The molecule has 1 aromatic carbocycles. The molecule has 0 fully saturated rings. The number of pyridine rings is 1. The lowest BCUT2D eigenvalue weighted by molar-refractivity contribution is -0.121. The number of nitrogens with zero attached hydrogens (tertiary/aromatic N) is 2. The highest BCUT2D eigenvalue weighted by molar-refractivity contribution is 7.92. The third-order valence-electron chi connectivity index (χ3n) is 3.52. The summed E-state index contributed by atoms with van der Waals surface area (Å²) in [6.45, 7) is 0.544. The van der Waals surface area contributed by atoms with Crippen molar-refractivity contribution < 1.29 is 17.6 Å². The molecule has 8 heteroatoms. The smallest absolute Gasteiger partial charge is 0.232 e. The summed E-state index contributed by atoms with van der Waals surface area (Å²) in [7, 11) is -3.51. The van der Waals surface area contributed by atoms with Gasteiger partial charge in [-0.25, -0.2) is 12.8 Å². The summed E-state index contributed by atoms with van der Waals surface area (Å²) in [6, 6.07) is 8.82. The number of sulfonamides is 1. The standard InChI is InChI=1S/C17H20FN3O3S/c1-25(23,24)21(16-6-4-15(18)5-7-16)12-2-3-17(22)20-13-14-8-10-19-11-9-14/h4-11H,2-3,12-13H2,1H3,(H,20,22). The van der Waals surface area contributed by atoms with Gasteiger partial charge in [-0.2, -0.15) is 0 Å². The number of rotatable bonds is 8. The Morgan fingerprint density at radius 3 is 2.40 bits per heavy atom. The van der Waals surface area contributed by atoms with Gasteiger partial charge in [0.25, 0.3) is 0 Å². The third-order valence-corrected chi connectivity index (χ3v) is 4.71. The first-order valence-corrected chi connectivity index (χ1v) is 9.60. The van der Waals surface area contributed by atoms with Crippen LogP contribution in [0.4, 0.5) is 10.1 Å². The van der Waals surface area contributed by atoms with E-state index in [2.05, 4.69) is 10.3 Å². The van der Waals surface area contributed by atoms with Crippen LogP contribution in [-0.2, 0) is 21.4 Å². The number of nitrogens with one attached hydrogen (secondary N) is 1. The van der Waals surface area contributed by atoms with Gasteiger partial charge >= 0.3 is 0 Å². The summed E-state index contributed by atoms with van der Waals surface area (Å²) in [6.07, 6.45) is 4.92. The number of hydrogen-bond donors (Lipinski definition) is 1. The van der Waals surface area contributed by atoms with Crippen molar-refractivity contribution in [1.29, 1.82) is 0 Å². The lowest BCUT2D eigenvalue weighted by Crippen LogP contribution is -2.32. The fourth-order valence-corrected chi connectivity index (χ4v) is 3.23. The van der Waals surface area contributed by atoms with Crippen LogP contribution in [0.5, 0.6) is 0 Å². The lowest BCUT2D eigenvalue weighted by Gasteiger charge is -2.22. The molecule has 1 heterocycles. The van der Waals surface area contributed by atoms with Crippen molar-refractivity contribution in [1.82, 2.24) is 10.3 Å². The van der Waals surface area contributed by atoms with E-state index in [-0.39, 0.29) is 18.9 Å². The van der Waals surface area contributed by atoms with Crippen LogP contribution in [0.1, 0.15) is 18.4 Å². The van der Waals surface area contributed by atoms with Crippen LogP contribution >= 0.6 is 0 Å². The molecule has 0 aliphatic heterocycles. The van der Waals surface area contributed by atoms with Gasteiger partial charge in [-0.15, -0.1) is 0 Å². The van der Waals surface area contributed by atoms with E-state index < -0.39 is 15.8 Å². The first-order chi connectivity index (χ1) is 11.9. The second-order valence-electron chi connectivity index (χ2n) is 5.55. The molecule has 0 radical (unpaired) electrons. The number of aromatic nitrogens is 1. The molecule has 1 amide bonds. The summed E-state index contributed by atoms with van der Waals surface area (Å²) in [4.78, 5) is 15.8. The Morgan fingerprint density at radius 1 is 1.16 bits per heavy atom. The average Bonchev–Trinajstić information content (AvgIpc) is 2.58. The van der Waals surface area contributed by atoms with E-state index in [0.717, 1.165) is 11.8 Å². The molecular formula is C17H20FN3O3S. The number of carbonyl (C=O) groups excluding carboxylic acids is 1. The highest BCUT2D eigenvalue weighted by Crippen LogP contribution is 2.18. The third kappa shape index (κ3) is 6.15. The summed E-state index contributed by atoms with van der Waals surface area (Å²) in [5.74, 6) is -0.600. The van der Waals surface area contributed by atoms with Gasteiger partial charge in [0.05, 0.1) is 11.9 Å². The Balaban J connectivity index is 1.86. The van der Waals surface area contributed by atoms with E-state index in [1.165, 1.54) is 28.6 Å². The van der Waals surface area contributed by atoms with Crippen LogP contribution in [-0.4, -0.2) is 32.1 Å². The summed E-state index contributed by atoms with van der Waals surface area (Å²) in [5.41, 5.74) is 1.31. The SMILES string of the molecule is CS(=O)(=O)N(CCCC(=O)NCc1ccncc1)c1ccc(F)cc1. The fourth-order valence-electron chi connectivity index (χ4n) is 2.27. The molecule has 0 spiro atoms.